The van der Waals surface area contributed by atoms with Crippen LogP contribution in [0, 0.1) is 12.7 Å². The van der Waals surface area contributed by atoms with Gasteiger partial charge in [-0.1, -0.05) is 6.07 Å². The van der Waals surface area contributed by atoms with Gasteiger partial charge in [0.2, 0.25) is 0 Å². The number of nitrogens with zero attached hydrogens (tertiary/aromatic N) is 5. The molecule has 38 heavy (non-hydrogen) atoms. The van der Waals surface area contributed by atoms with E-state index >= 15 is 0 Å². The van der Waals surface area contributed by atoms with Crippen LogP contribution in [0.1, 0.15) is 28.9 Å². The van der Waals surface area contributed by atoms with E-state index in [4.69, 9.17) is 5.73 Å². The minimum atomic E-state index is -2.77. The first-order chi connectivity index (χ1) is 18.2. The lowest BCUT2D eigenvalue weighted by Gasteiger charge is -2.31. The molecule has 2 N–H and O–H groups in total. The fourth-order valence-electron chi connectivity index (χ4n) is 4.89. The largest absolute Gasteiger partial charge is 0.381 e. The van der Waals surface area contributed by atoms with E-state index in [2.05, 4.69) is 15.0 Å². The number of carbonyl (C=O) groups excluding carboxylic acids is 1. The standard InChI is InChI=1S/C28H23F3N6O/c1-16-8-11-33-21-7-4-18(14-20(16)21)24-23(17-2-5-19(29)6-3-17)35-25(32)26-34-22(15-37(24)26)27(38)36-12-9-28(30,31)10-13-36/h2-8,11,14-15H,9-10,12-13H2,1H3,(H2,32,35). The molecule has 1 amide bonds. The summed E-state index contributed by atoms with van der Waals surface area (Å²) in [6.45, 7) is 1.87. The lowest BCUT2D eigenvalue weighted by Crippen LogP contribution is -2.42. The molecule has 0 saturated carbocycles. The molecule has 2 aromatic carbocycles. The van der Waals surface area contributed by atoms with Gasteiger partial charge in [-0.05, 0) is 55.0 Å². The number of alkyl halides is 2. The highest BCUT2D eigenvalue weighted by molar-refractivity contribution is 5.95. The zero-order valence-electron chi connectivity index (χ0n) is 20.5. The van der Waals surface area contributed by atoms with Crippen molar-refractivity contribution in [1.29, 1.82) is 0 Å². The number of fused-ring (bicyclic) bond motifs is 2. The third kappa shape index (κ3) is 4.11. The molecule has 192 valence electrons. The Balaban J connectivity index is 1.56. The molecule has 10 heteroatoms. The quantitative estimate of drug-likeness (QED) is 0.342. The van der Waals surface area contributed by atoms with Crippen molar-refractivity contribution in [3.63, 3.8) is 0 Å². The summed E-state index contributed by atoms with van der Waals surface area (Å²) in [6, 6.07) is 13.6. The molecule has 1 aliphatic rings. The van der Waals surface area contributed by atoms with Crippen LogP contribution in [0.25, 0.3) is 39.1 Å². The maximum absolute atomic E-state index is 13.7. The number of imidazole rings is 1. The maximum atomic E-state index is 13.7. The Hall–Kier alpha value is -4.47. The molecule has 0 bridgehead atoms. The van der Waals surface area contributed by atoms with Crippen LogP contribution < -0.4 is 5.73 Å². The zero-order chi connectivity index (χ0) is 26.6. The van der Waals surface area contributed by atoms with E-state index in [9.17, 15) is 18.0 Å². The second kappa shape index (κ2) is 8.83. The first kappa shape index (κ1) is 23.9. The van der Waals surface area contributed by atoms with Crippen molar-refractivity contribution < 1.29 is 18.0 Å². The summed E-state index contributed by atoms with van der Waals surface area (Å²) < 4.78 is 42.8. The van der Waals surface area contributed by atoms with Gasteiger partial charge in [0, 0.05) is 54.8 Å². The lowest BCUT2D eigenvalue weighted by atomic mass is 10.0. The first-order valence-corrected chi connectivity index (χ1v) is 12.2. The Morgan fingerprint density at radius 3 is 2.45 bits per heavy atom. The van der Waals surface area contributed by atoms with Crippen LogP contribution in [0.3, 0.4) is 0 Å². The Kier molecular flexibility index (Phi) is 5.55. The molecule has 4 heterocycles. The van der Waals surface area contributed by atoms with Gasteiger partial charge in [-0.2, -0.15) is 0 Å². The molecule has 5 aromatic rings. The highest BCUT2D eigenvalue weighted by Crippen LogP contribution is 2.36. The van der Waals surface area contributed by atoms with Crippen LogP contribution >= 0.6 is 0 Å². The fourth-order valence-corrected chi connectivity index (χ4v) is 4.89. The van der Waals surface area contributed by atoms with Crippen molar-refractivity contribution in [3.05, 3.63) is 78.0 Å². The number of aryl methyl sites for hydroxylation is 1. The number of anilines is 1. The minimum Gasteiger partial charge on any atom is -0.381 e. The van der Waals surface area contributed by atoms with Crippen molar-refractivity contribution >= 4 is 28.3 Å². The summed E-state index contributed by atoms with van der Waals surface area (Å²) in [6.07, 6.45) is 2.53. The van der Waals surface area contributed by atoms with Gasteiger partial charge < -0.3 is 10.6 Å². The number of piperidine rings is 1. The minimum absolute atomic E-state index is 0.0575. The van der Waals surface area contributed by atoms with Crippen LogP contribution in [-0.4, -0.2) is 49.2 Å². The number of halogens is 3. The average Bonchev–Trinajstić information content (AvgIpc) is 3.35. The van der Waals surface area contributed by atoms with Gasteiger partial charge in [-0.25, -0.2) is 23.1 Å². The molecular weight excluding hydrogens is 493 g/mol. The predicted octanol–water partition coefficient (Wildman–Crippen LogP) is 5.51. The van der Waals surface area contributed by atoms with Gasteiger partial charge in [0.25, 0.3) is 11.8 Å². The van der Waals surface area contributed by atoms with Crippen LogP contribution in [-0.2, 0) is 0 Å². The highest BCUT2D eigenvalue weighted by Gasteiger charge is 2.36. The summed E-state index contributed by atoms with van der Waals surface area (Å²) in [5.41, 5.74) is 11.0. The molecule has 0 spiro atoms. The number of hydrogen-bond acceptors (Lipinski definition) is 5. The van der Waals surface area contributed by atoms with Crippen LogP contribution in [0.4, 0.5) is 19.0 Å². The van der Waals surface area contributed by atoms with Gasteiger partial charge >= 0.3 is 0 Å². The number of rotatable bonds is 3. The molecular formula is C28H23F3N6O. The molecule has 0 atom stereocenters. The molecule has 7 nitrogen and oxygen atoms in total. The SMILES string of the molecule is Cc1ccnc2ccc(-c3c(-c4ccc(F)cc4)nc(N)c4nc(C(=O)N5CCC(F)(F)CC5)cn34)cc12. The van der Waals surface area contributed by atoms with Crippen LogP contribution in [0.5, 0.6) is 0 Å². The molecule has 1 fully saturated rings. The van der Waals surface area contributed by atoms with E-state index in [1.807, 2.05) is 31.2 Å². The number of pyridine rings is 1. The predicted molar refractivity (Wildman–Crippen MR) is 138 cm³/mol. The molecule has 6 rings (SSSR count). The third-order valence-electron chi connectivity index (χ3n) is 6.98. The lowest BCUT2D eigenvalue weighted by molar-refractivity contribution is -0.0495. The molecule has 1 aliphatic heterocycles. The van der Waals surface area contributed by atoms with E-state index in [1.165, 1.54) is 17.0 Å². The number of likely N-dealkylation sites (tertiary alicyclic amines) is 1. The third-order valence-corrected chi connectivity index (χ3v) is 6.98. The number of nitrogens with two attached hydrogens (primary N) is 1. The zero-order valence-corrected chi connectivity index (χ0v) is 20.5. The van der Waals surface area contributed by atoms with Gasteiger partial charge in [0.05, 0.1) is 16.9 Å². The van der Waals surface area contributed by atoms with Crippen molar-refractivity contribution in [1.82, 2.24) is 24.3 Å². The number of amides is 1. The van der Waals surface area contributed by atoms with E-state index in [-0.39, 0.29) is 48.9 Å². The Labute approximate surface area is 215 Å². The summed E-state index contributed by atoms with van der Waals surface area (Å²) in [4.78, 5) is 28.1. The smallest absolute Gasteiger partial charge is 0.274 e. The second-order valence-electron chi connectivity index (χ2n) is 9.53. The van der Waals surface area contributed by atoms with Gasteiger partial charge in [0.1, 0.15) is 11.5 Å². The molecule has 0 aliphatic carbocycles. The normalized spacial score (nSPS) is 15.3. The maximum Gasteiger partial charge on any atom is 0.274 e. The van der Waals surface area contributed by atoms with Crippen molar-refractivity contribution in [2.45, 2.75) is 25.7 Å². The second-order valence-corrected chi connectivity index (χ2v) is 9.53. The molecule has 0 radical (unpaired) electrons. The van der Waals surface area contributed by atoms with Gasteiger partial charge in [-0.15, -0.1) is 0 Å². The average molecular weight is 517 g/mol. The number of aromatic nitrogens is 4. The van der Waals surface area contributed by atoms with E-state index in [1.54, 1.807) is 28.9 Å². The summed E-state index contributed by atoms with van der Waals surface area (Å²) in [5.74, 6) is -3.53. The van der Waals surface area contributed by atoms with Crippen LogP contribution in [0.15, 0.2) is 60.9 Å². The monoisotopic (exact) mass is 516 g/mol. The van der Waals surface area contributed by atoms with Crippen molar-refractivity contribution in [3.8, 4) is 22.5 Å². The topological polar surface area (TPSA) is 89.4 Å². The number of hydrogen-bond donors (Lipinski definition) is 1. The number of nitrogen functional groups attached to an aromatic ring is 1. The molecule has 1 saturated heterocycles. The number of benzene rings is 2. The van der Waals surface area contributed by atoms with Gasteiger partial charge in [-0.3, -0.25) is 14.2 Å². The Morgan fingerprint density at radius 2 is 1.71 bits per heavy atom. The van der Waals surface area contributed by atoms with Crippen molar-refractivity contribution in [2.75, 3.05) is 18.8 Å². The van der Waals surface area contributed by atoms with Crippen LogP contribution in [0.2, 0.25) is 0 Å². The van der Waals surface area contributed by atoms with E-state index in [0.717, 1.165) is 22.0 Å². The Morgan fingerprint density at radius 1 is 1.00 bits per heavy atom. The summed E-state index contributed by atoms with van der Waals surface area (Å²) >= 11 is 0. The molecule has 3 aromatic heterocycles. The fraction of sp³-hybridized carbons (Fsp3) is 0.214. The highest BCUT2D eigenvalue weighted by atomic mass is 19.3. The van der Waals surface area contributed by atoms with E-state index < -0.39 is 11.8 Å². The summed E-state index contributed by atoms with van der Waals surface area (Å²) in [5, 5.41) is 0.936. The van der Waals surface area contributed by atoms with E-state index in [0.29, 0.717) is 17.0 Å². The number of carbonyl (C=O) groups is 1. The molecule has 0 unspecified atom stereocenters. The van der Waals surface area contributed by atoms with Crippen molar-refractivity contribution in [2.24, 2.45) is 0 Å². The van der Waals surface area contributed by atoms with Gasteiger partial charge in [0.15, 0.2) is 11.5 Å². The summed E-state index contributed by atoms with van der Waals surface area (Å²) in [7, 11) is 0. The Bertz CT molecular complexity index is 1700. The first-order valence-electron chi connectivity index (χ1n) is 12.2.